The summed E-state index contributed by atoms with van der Waals surface area (Å²) < 4.78 is 0. The van der Waals surface area contributed by atoms with Crippen molar-refractivity contribution in [3.8, 4) is 0 Å². The normalized spacial score (nSPS) is 31.9. The van der Waals surface area contributed by atoms with Gasteiger partial charge in [0.2, 0.25) is 0 Å². The Balaban J connectivity index is 2.49. The molecular formula is C18H28N2. The molecule has 110 valence electrons. The number of fused-ring (bicyclic) bond motifs is 1. The minimum absolute atomic E-state index is 0.106. The van der Waals surface area contributed by atoms with E-state index in [9.17, 15) is 0 Å². The van der Waals surface area contributed by atoms with Crippen molar-refractivity contribution in [1.82, 2.24) is 0 Å². The molecule has 1 heterocycles. The van der Waals surface area contributed by atoms with Crippen LogP contribution in [0, 0.1) is 5.92 Å². The molecule has 0 fully saturated rings. The van der Waals surface area contributed by atoms with Crippen molar-refractivity contribution in [3.63, 3.8) is 0 Å². The fourth-order valence-corrected chi connectivity index (χ4v) is 3.17. The summed E-state index contributed by atoms with van der Waals surface area (Å²) in [5.74, 6) is 0.619. The van der Waals surface area contributed by atoms with Gasteiger partial charge in [-0.05, 0) is 76.2 Å². The summed E-state index contributed by atoms with van der Waals surface area (Å²) in [6.07, 6.45) is 7.92. The van der Waals surface area contributed by atoms with Crippen molar-refractivity contribution in [2.45, 2.75) is 72.4 Å². The lowest BCUT2D eigenvalue weighted by molar-refractivity contribution is 0.344. The van der Waals surface area contributed by atoms with Crippen molar-refractivity contribution < 1.29 is 0 Å². The van der Waals surface area contributed by atoms with Crippen molar-refractivity contribution in [2.24, 2.45) is 15.9 Å². The Morgan fingerprint density at radius 3 is 2.60 bits per heavy atom. The highest BCUT2D eigenvalue weighted by Crippen LogP contribution is 2.39. The van der Waals surface area contributed by atoms with Gasteiger partial charge in [0.15, 0.2) is 0 Å². The lowest BCUT2D eigenvalue weighted by Crippen LogP contribution is -2.36. The van der Waals surface area contributed by atoms with Gasteiger partial charge >= 0.3 is 0 Å². The number of rotatable bonds is 3. The zero-order valence-electron chi connectivity index (χ0n) is 13.8. The van der Waals surface area contributed by atoms with Crippen LogP contribution < -0.4 is 0 Å². The Morgan fingerprint density at radius 1 is 1.35 bits per heavy atom. The molecule has 0 aromatic carbocycles. The van der Waals surface area contributed by atoms with Gasteiger partial charge in [0.25, 0.3) is 0 Å². The molecule has 0 spiro atoms. The lowest BCUT2D eigenvalue weighted by atomic mass is 9.74. The third-order valence-electron chi connectivity index (χ3n) is 4.48. The summed E-state index contributed by atoms with van der Waals surface area (Å²) >= 11 is 0. The third kappa shape index (κ3) is 2.94. The maximum absolute atomic E-state index is 5.07. The Bertz CT molecular complexity index is 506. The summed E-state index contributed by atoms with van der Waals surface area (Å²) in [5.41, 5.74) is 5.15. The quantitative estimate of drug-likeness (QED) is 0.662. The second kappa shape index (κ2) is 5.67. The third-order valence-corrected chi connectivity index (χ3v) is 4.48. The molecule has 2 unspecified atom stereocenters. The molecule has 0 aromatic rings. The van der Waals surface area contributed by atoms with Crippen LogP contribution in [0.5, 0.6) is 0 Å². The van der Waals surface area contributed by atoms with Gasteiger partial charge in [0.05, 0.1) is 17.0 Å². The van der Waals surface area contributed by atoms with E-state index in [0.717, 1.165) is 18.6 Å². The highest BCUT2D eigenvalue weighted by molar-refractivity contribution is 6.24. The Kier molecular flexibility index (Phi) is 4.31. The molecule has 0 radical (unpaired) electrons. The molecule has 0 bridgehead atoms. The predicted molar refractivity (Wildman–Crippen MR) is 88.9 cm³/mol. The molecule has 1 aliphatic heterocycles. The number of hydrogen-bond donors (Lipinski definition) is 0. The molecule has 0 saturated heterocycles. The molecule has 20 heavy (non-hydrogen) atoms. The zero-order valence-corrected chi connectivity index (χ0v) is 13.8. The first kappa shape index (κ1) is 15.2. The summed E-state index contributed by atoms with van der Waals surface area (Å²) in [4.78, 5) is 9.78. The number of nitrogens with zero attached hydrogens (tertiary/aromatic N) is 2. The van der Waals surface area contributed by atoms with Crippen LogP contribution in [0.3, 0.4) is 0 Å². The van der Waals surface area contributed by atoms with Crippen molar-refractivity contribution in [3.05, 3.63) is 23.3 Å². The minimum atomic E-state index is 0.106. The molecule has 2 aliphatic rings. The highest BCUT2D eigenvalue weighted by Gasteiger charge is 2.35. The molecule has 0 aromatic heterocycles. The van der Waals surface area contributed by atoms with Gasteiger partial charge in [0.1, 0.15) is 0 Å². The fourth-order valence-electron chi connectivity index (χ4n) is 3.17. The number of aliphatic imine (C=N–C) groups is 2. The van der Waals surface area contributed by atoms with E-state index in [1.165, 1.54) is 23.3 Å². The van der Waals surface area contributed by atoms with Crippen LogP contribution in [0.25, 0.3) is 0 Å². The molecule has 0 saturated carbocycles. The van der Waals surface area contributed by atoms with Gasteiger partial charge in [-0.3, -0.25) is 9.98 Å². The van der Waals surface area contributed by atoms with Crippen LogP contribution in [-0.2, 0) is 0 Å². The SMILES string of the molecule is CCC1CC(C)(CC)N=C2C(C)=CC(=NC(C)C)C=C21. The summed E-state index contributed by atoms with van der Waals surface area (Å²) in [6.45, 7) is 13.3. The van der Waals surface area contributed by atoms with Crippen LogP contribution in [0.1, 0.15) is 60.8 Å². The maximum atomic E-state index is 5.07. The topological polar surface area (TPSA) is 24.7 Å². The van der Waals surface area contributed by atoms with Crippen LogP contribution in [-0.4, -0.2) is 23.0 Å². The average molecular weight is 272 g/mol. The van der Waals surface area contributed by atoms with Crippen LogP contribution >= 0.6 is 0 Å². The minimum Gasteiger partial charge on any atom is -0.283 e. The van der Waals surface area contributed by atoms with Gasteiger partial charge in [-0.1, -0.05) is 13.8 Å². The van der Waals surface area contributed by atoms with E-state index in [4.69, 9.17) is 9.98 Å². The van der Waals surface area contributed by atoms with Crippen molar-refractivity contribution in [1.29, 1.82) is 0 Å². The monoisotopic (exact) mass is 272 g/mol. The second-order valence-electron chi connectivity index (χ2n) is 6.69. The molecule has 0 N–H and O–H groups in total. The predicted octanol–water partition coefficient (Wildman–Crippen LogP) is 4.76. The number of allylic oxidation sites excluding steroid dienone is 4. The van der Waals surface area contributed by atoms with E-state index >= 15 is 0 Å². The first-order valence-corrected chi connectivity index (χ1v) is 7.96. The van der Waals surface area contributed by atoms with E-state index in [-0.39, 0.29) is 5.54 Å². The Hall–Kier alpha value is -1.18. The average Bonchev–Trinajstić information content (AvgIpc) is 2.38. The summed E-state index contributed by atoms with van der Waals surface area (Å²) in [5, 5.41) is 0. The second-order valence-corrected chi connectivity index (χ2v) is 6.69. The van der Waals surface area contributed by atoms with Gasteiger partial charge in [-0.25, -0.2) is 0 Å². The standard InChI is InChI=1S/C18H28N2/c1-7-14-11-18(6,8-2)20-17-13(5)9-15(10-16(14)17)19-12(3)4/h9-10,12,14H,7-8,11H2,1-6H3. The first-order chi connectivity index (χ1) is 9.38. The molecule has 0 amide bonds. The molecule has 1 aliphatic carbocycles. The molecular weight excluding hydrogens is 244 g/mol. The first-order valence-electron chi connectivity index (χ1n) is 7.96. The van der Waals surface area contributed by atoms with Gasteiger partial charge in [-0.2, -0.15) is 0 Å². The Labute approximate surface area is 123 Å². The fraction of sp³-hybridized carbons (Fsp3) is 0.667. The van der Waals surface area contributed by atoms with Gasteiger partial charge < -0.3 is 0 Å². The molecule has 2 nitrogen and oxygen atoms in total. The smallest absolute Gasteiger partial charge is 0.0646 e. The van der Waals surface area contributed by atoms with E-state index in [1.54, 1.807) is 0 Å². The summed E-state index contributed by atoms with van der Waals surface area (Å²) in [7, 11) is 0. The van der Waals surface area contributed by atoms with E-state index in [1.807, 2.05) is 0 Å². The molecule has 2 heteroatoms. The number of hydrogen-bond acceptors (Lipinski definition) is 2. The summed E-state index contributed by atoms with van der Waals surface area (Å²) in [6, 6.07) is 0.342. The van der Waals surface area contributed by atoms with Gasteiger partial charge in [0, 0.05) is 6.04 Å². The molecule has 2 rings (SSSR count). The van der Waals surface area contributed by atoms with E-state index < -0.39 is 0 Å². The van der Waals surface area contributed by atoms with Crippen LogP contribution in [0.2, 0.25) is 0 Å². The van der Waals surface area contributed by atoms with Crippen LogP contribution in [0.15, 0.2) is 33.3 Å². The van der Waals surface area contributed by atoms with Crippen molar-refractivity contribution >= 4 is 11.4 Å². The van der Waals surface area contributed by atoms with Gasteiger partial charge in [-0.15, -0.1) is 0 Å². The maximum Gasteiger partial charge on any atom is 0.0646 e. The van der Waals surface area contributed by atoms with Crippen LogP contribution in [0.4, 0.5) is 0 Å². The largest absolute Gasteiger partial charge is 0.283 e. The zero-order chi connectivity index (χ0) is 14.9. The van der Waals surface area contributed by atoms with E-state index in [2.05, 4.69) is 53.7 Å². The van der Waals surface area contributed by atoms with E-state index in [0.29, 0.717) is 12.0 Å². The highest BCUT2D eigenvalue weighted by atomic mass is 14.9. The lowest BCUT2D eigenvalue weighted by Gasteiger charge is -2.38. The molecule has 2 atom stereocenters. The van der Waals surface area contributed by atoms with Crippen molar-refractivity contribution in [2.75, 3.05) is 0 Å². The Morgan fingerprint density at radius 2 is 2.05 bits per heavy atom.